The van der Waals surface area contributed by atoms with Crippen molar-refractivity contribution in [3.8, 4) is 0 Å². The highest BCUT2D eigenvalue weighted by atomic mass is 32.1. The molecule has 2 amide bonds. The second-order valence-corrected chi connectivity index (χ2v) is 7.36. The Kier molecular flexibility index (Phi) is 6.12. The molecule has 0 saturated carbocycles. The molecule has 2 rings (SSSR count). The molecule has 2 heterocycles. The van der Waals surface area contributed by atoms with Gasteiger partial charge < -0.3 is 10.6 Å². The molecule has 0 radical (unpaired) electrons. The molecule has 1 unspecified atom stereocenters. The van der Waals surface area contributed by atoms with Crippen molar-refractivity contribution in [1.82, 2.24) is 20.5 Å². The van der Waals surface area contributed by atoms with E-state index in [-0.39, 0.29) is 30.3 Å². The Morgan fingerprint density at radius 3 is 2.91 bits per heavy atom. The molecule has 1 aromatic heterocycles. The molecule has 1 saturated heterocycles. The Labute approximate surface area is 141 Å². The first-order valence-corrected chi connectivity index (χ1v) is 8.99. The zero-order chi connectivity index (χ0) is 17.0. The van der Waals surface area contributed by atoms with Crippen molar-refractivity contribution in [2.45, 2.75) is 59.2 Å². The van der Waals surface area contributed by atoms with Crippen molar-refractivity contribution >= 4 is 23.2 Å². The Morgan fingerprint density at radius 2 is 2.26 bits per heavy atom. The summed E-state index contributed by atoms with van der Waals surface area (Å²) in [7, 11) is 0. The summed E-state index contributed by atoms with van der Waals surface area (Å²) in [5.74, 6) is -0.145. The molecule has 0 spiro atoms. The van der Waals surface area contributed by atoms with E-state index in [1.54, 1.807) is 11.3 Å². The summed E-state index contributed by atoms with van der Waals surface area (Å²) in [6.07, 6.45) is 1.06. The summed E-state index contributed by atoms with van der Waals surface area (Å²) in [5, 5.41) is 6.81. The molecular weight excluding hydrogens is 312 g/mol. The Balaban J connectivity index is 1.93. The highest BCUT2D eigenvalue weighted by Gasteiger charge is 2.32. The SMILES string of the molecule is CCc1nc(C)sc1CNC(=O)CC1C(=O)NCCN1C(C)C. The number of amides is 2. The number of hydrogen-bond acceptors (Lipinski definition) is 5. The number of aryl methyl sites for hydroxylation is 2. The van der Waals surface area contributed by atoms with Crippen LogP contribution in [0.4, 0.5) is 0 Å². The second-order valence-electron chi connectivity index (χ2n) is 6.08. The van der Waals surface area contributed by atoms with Crippen LogP contribution in [0.1, 0.15) is 42.8 Å². The summed E-state index contributed by atoms with van der Waals surface area (Å²) in [6.45, 7) is 10.1. The van der Waals surface area contributed by atoms with E-state index in [0.29, 0.717) is 13.1 Å². The number of carbonyl (C=O) groups excluding carboxylic acids is 2. The van der Waals surface area contributed by atoms with Crippen LogP contribution in [0.25, 0.3) is 0 Å². The summed E-state index contributed by atoms with van der Waals surface area (Å²) in [4.78, 5) is 32.0. The summed E-state index contributed by atoms with van der Waals surface area (Å²) in [6, 6.07) is -0.132. The summed E-state index contributed by atoms with van der Waals surface area (Å²) >= 11 is 1.62. The minimum absolute atomic E-state index is 0.0528. The highest BCUT2D eigenvalue weighted by molar-refractivity contribution is 7.11. The largest absolute Gasteiger partial charge is 0.353 e. The molecule has 128 valence electrons. The van der Waals surface area contributed by atoms with Crippen LogP contribution >= 0.6 is 11.3 Å². The second kappa shape index (κ2) is 7.88. The van der Waals surface area contributed by atoms with Crippen LogP contribution in [0.15, 0.2) is 0 Å². The Bertz CT molecular complexity index is 570. The van der Waals surface area contributed by atoms with Crippen LogP contribution in [0.3, 0.4) is 0 Å². The van der Waals surface area contributed by atoms with E-state index < -0.39 is 0 Å². The van der Waals surface area contributed by atoms with Gasteiger partial charge in [-0.2, -0.15) is 0 Å². The number of carbonyl (C=O) groups is 2. The van der Waals surface area contributed by atoms with Gasteiger partial charge in [0.25, 0.3) is 0 Å². The van der Waals surface area contributed by atoms with Crippen LogP contribution in [0.5, 0.6) is 0 Å². The lowest BCUT2D eigenvalue weighted by atomic mass is 10.1. The van der Waals surface area contributed by atoms with Crippen LogP contribution in [-0.4, -0.2) is 46.9 Å². The lowest BCUT2D eigenvalue weighted by Crippen LogP contribution is -2.58. The maximum absolute atomic E-state index is 12.3. The summed E-state index contributed by atoms with van der Waals surface area (Å²) in [5.41, 5.74) is 1.05. The van der Waals surface area contributed by atoms with Gasteiger partial charge in [0.15, 0.2) is 0 Å². The van der Waals surface area contributed by atoms with Crippen molar-refractivity contribution in [3.05, 3.63) is 15.6 Å². The van der Waals surface area contributed by atoms with E-state index in [2.05, 4.69) is 41.3 Å². The fourth-order valence-electron chi connectivity index (χ4n) is 2.91. The fourth-order valence-corrected chi connectivity index (χ4v) is 3.88. The van der Waals surface area contributed by atoms with Crippen molar-refractivity contribution in [2.75, 3.05) is 13.1 Å². The third kappa shape index (κ3) is 4.51. The zero-order valence-corrected chi connectivity index (χ0v) is 15.1. The molecule has 7 heteroatoms. The van der Waals surface area contributed by atoms with Crippen LogP contribution in [0.2, 0.25) is 0 Å². The molecule has 1 aromatic rings. The number of nitrogens with one attached hydrogen (secondary N) is 2. The number of rotatable bonds is 6. The molecule has 6 nitrogen and oxygen atoms in total. The van der Waals surface area contributed by atoms with Gasteiger partial charge in [0, 0.05) is 24.0 Å². The van der Waals surface area contributed by atoms with E-state index in [1.165, 1.54) is 0 Å². The first-order chi connectivity index (χ1) is 10.9. The quantitative estimate of drug-likeness (QED) is 0.818. The van der Waals surface area contributed by atoms with Crippen LogP contribution in [-0.2, 0) is 22.6 Å². The van der Waals surface area contributed by atoms with E-state index in [1.807, 2.05) is 6.92 Å². The molecule has 1 aliphatic rings. The number of thiazole rings is 1. The molecule has 2 N–H and O–H groups in total. The minimum atomic E-state index is -0.377. The minimum Gasteiger partial charge on any atom is -0.353 e. The molecule has 1 aliphatic heterocycles. The van der Waals surface area contributed by atoms with E-state index in [0.717, 1.165) is 28.5 Å². The third-order valence-corrected chi connectivity index (χ3v) is 5.09. The van der Waals surface area contributed by atoms with Gasteiger partial charge in [0.2, 0.25) is 11.8 Å². The number of hydrogen-bond donors (Lipinski definition) is 2. The number of nitrogens with zero attached hydrogens (tertiary/aromatic N) is 2. The van der Waals surface area contributed by atoms with E-state index >= 15 is 0 Å². The normalized spacial score (nSPS) is 19.0. The summed E-state index contributed by atoms with van der Waals surface area (Å²) < 4.78 is 0. The van der Waals surface area contributed by atoms with E-state index in [4.69, 9.17) is 0 Å². The van der Waals surface area contributed by atoms with Crippen molar-refractivity contribution < 1.29 is 9.59 Å². The molecule has 1 atom stereocenters. The van der Waals surface area contributed by atoms with Crippen molar-refractivity contribution in [3.63, 3.8) is 0 Å². The van der Waals surface area contributed by atoms with Gasteiger partial charge in [-0.15, -0.1) is 11.3 Å². The predicted molar refractivity (Wildman–Crippen MR) is 91.3 cm³/mol. The molecule has 0 aromatic carbocycles. The predicted octanol–water partition coefficient (Wildman–Crippen LogP) is 1.23. The molecule has 1 fully saturated rings. The van der Waals surface area contributed by atoms with Gasteiger partial charge in [0.1, 0.15) is 0 Å². The van der Waals surface area contributed by atoms with E-state index in [9.17, 15) is 9.59 Å². The zero-order valence-electron chi connectivity index (χ0n) is 14.3. The average Bonchev–Trinajstić information content (AvgIpc) is 2.87. The lowest BCUT2D eigenvalue weighted by molar-refractivity contribution is -0.134. The van der Waals surface area contributed by atoms with Crippen LogP contribution < -0.4 is 10.6 Å². The van der Waals surface area contributed by atoms with Crippen LogP contribution in [0, 0.1) is 6.92 Å². The lowest BCUT2D eigenvalue weighted by Gasteiger charge is -2.37. The Morgan fingerprint density at radius 1 is 1.52 bits per heavy atom. The average molecular weight is 338 g/mol. The van der Waals surface area contributed by atoms with Crippen molar-refractivity contribution in [2.24, 2.45) is 0 Å². The first-order valence-electron chi connectivity index (χ1n) is 8.17. The third-order valence-electron chi connectivity index (χ3n) is 4.08. The Hall–Kier alpha value is -1.47. The van der Waals surface area contributed by atoms with Crippen molar-refractivity contribution in [1.29, 1.82) is 0 Å². The topological polar surface area (TPSA) is 74.3 Å². The van der Waals surface area contributed by atoms with Gasteiger partial charge in [0.05, 0.1) is 29.7 Å². The van der Waals surface area contributed by atoms with Gasteiger partial charge in [-0.3, -0.25) is 14.5 Å². The van der Waals surface area contributed by atoms with Gasteiger partial charge >= 0.3 is 0 Å². The van der Waals surface area contributed by atoms with Gasteiger partial charge in [-0.05, 0) is 27.2 Å². The fraction of sp³-hybridized carbons (Fsp3) is 0.688. The van der Waals surface area contributed by atoms with Gasteiger partial charge in [-0.25, -0.2) is 4.98 Å². The molecule has 0 bridgehead atoms. The smallest absolute Gasteiger partial charge is 0.237 e. The maximum atomic E-state index is 12.3. The molecule has 23 heavy (non-hydrogen) atoms. The molecular formula is C16H26N4O2S. The highest BCUT2D eigenvalue weighted by Crippen LogP contribution is 2.18. The number of aromatic nitrogens is 1. The number of piperazine rings is 1. The maximum Gasteiger partial charge on any atom is 0.237 e. The van der Waals surface area contributed by atoms with Gasteiger partial charge in [-0.1, -0.05) is 6.92 Å². The monoisotopic (exact) mass is 338 g/mol. The first kappa shape index (κ1) is 17.9. The standard InChI is InChI=1S/C16H26N4O2S/c1-5-12-14(23-11(4)19-12)9-18-15(21)8-13-16(22)17-6-7-20(13)10(2)3/h10,13H,5-9H2,1-4H3,(H,17,22)(H,18,21). The molecule has 0 aliphatic carbocycles.